The molecule has 0 unspecified atom stereocenters. The lowest BCUT2D eigenvalue weighted by Crippen LogP contribution is -2.25. The zero-order valence-electron chi connectivity index (χ0n) is 12.7. The van der Waals surface area contributed by atoms with Gasteiger partial charge < -0.3 is 4.74 Å². The largest absolute Gasteiger partial charge is 0.422 e. The van der Waals surface area contributed by atoms with Crippen molar-refractivity contribution < 1.29 is 9.53 Å². The molecule has 1 aromatic carbocycles. The van der Waals surface area contributed by atoms with E-state index in [4.69, 9.17) is 16.3 Å². The molecule has 0 N–H and O–H groups in total. The van der Waals surface area contributed by atoms with E-state index in [0.29, 0.717) is 17.3 Å². The molecule has 0 saturated carbocycles. The molecule has 116 valence electrons. The topological polar surface area (TPSA) is 61.2 Å². The second kappa shape index (κ2) is 6.75. The summed E-state index contributed by atoms with van der Waals surface area (Å²) in [7, 11) is 0. The highest BCUT2D eigenvalue weighted by molar-refractivity contribution is 6.32. The van der Waals surface area contributed by atoms with Crippen LogP contribution < -0.4 is 10.3 Å². The zero-order valence-corrected chi connectivity index (χ0v) is 13.5. The Kier molecular flexibility index (Phi) is 4.98. The molecule has 0 fully saturated rings. The Morgan fingerprint density at radius 1 is 1.27 bits per heavy atom. The minimum Gasteiger partial charge on any atom is -0.422 e. The molecule has 2 rings (SSSR count). The van der Waals surface area contributed by atoms with E-state index in [1.54, 1.807) is 12.1 Å². The average Bonchev–Trinajstić information content (AvgIpc) is 2.47. The number of halogens is 1. The van der Waals surface area contributed by atoms with Crippen molar-refractivity contribution in [2.75, 3.05) is 0 Å². The first-order valence-electron chi connectivity index (χ1n) is 6.99. The molecule has 0 bridgehead atoms. The molecular weight excluding hydrogens is 304 g/mol. The standard InChI is InChI=1S/C16H17ClN2O3/c1-4-7-19-14(20)6-5-13(18-19)16(21)22-12-8-10(2)15(17)11(3)9-12/h5-6,8-9H,4,7H2,1-3H3. The summed E-state index contributed by atoms with van der Waals surface area (Å²) >= 11 is 6.09. The molecule has 2 aromatic rings. The number of carbonyl (C=O) groups excluding carboxylic acids is 1. The molecule has 1 aromatic heterocycles. The molecule has 6 heteroatoms. The minimum absolute atomic E-state index is 0.0957. The third-order valence-electron chi connectivity index (χ3n) is 3.13. The van der Waals surface area contributed by atoms with Gasteiger partial charge in [-0.2, -0.15) is 5.10 Å². The number of carbonyl (C=O) groups is 1. The first-order chi connectivity index (χ1) is 10.4. The minimum atomic E-state index is -0.606. The van der Waals surface area contributed by atoms with Crippen LogP contribution in [-0.2, 0) is 6.54 Å². The lowest BCUT2D eigenvalue weighted by molar-refractivity contribution is 0.0725. The smallest absolute Gasteiger partial charge is 0.364 e. The summed E-state index contributed by atoms with van der Waals surface area (Å²) in [5, 5.41) is 4.67. The maximum atomic E-state index is 12.2. The Bertz CT molecular complexity index is 745. The van der Waals surface area contributed by atoms with Gasteiger partial charge in [0.15, 0.2) is 5.69 Å². The van der Waals surface area contributed by atoms with Crippen molar-refractivity contribution in [2.24, 2.45) is 0 Å². The highest BCUT2D eigenvalue weighted by Gasteiger charge is 2.13. The summed E-state index contributed by atoms with van der Waals surface area (Å²) in [4.78, 5) is 23.8. The first kappa shape index (κ1) is 16.2. The molecule has 5 nitrogen and oxygen atoms in total. The van der Waals surface area contributed by atoms with Gasteiger partial charge in [-0.3, -0.25) is 4.79 Å². The first-order valence-corrected chi connectivity index (χ1v) is 7.37. The van der Waals surface area contributed by atoms with Crippen LogP contribution in [0.4, 0.5) is 0 Å². The molecule has 0 atom stereocenters. The third kappa shape index (κ3) is 3.54. The summed E-state index contributed by atoms with van der Waals surface area (Å²) in [6, 6.07) is 6.06. The van der Waals surface area contributed by atoms with Gasteiger partial charge in [0.2, 0.25) is 0 Å². The predicted octanol–water partition coefficient (Wildman–Crippen LogP) is 3.14. The zero-order chi connectivity index (χ0) is 16.3. The number of ether oxygens (including phenoxy) is 1. The summed E-state index contributed by atoms with van der Waals surface area (Å²) in [5.41, 5.74) is 1.51. The molecule has 0 aliphatic carbocycles. The lowest BCUT2D eigenvalue weighted by Gasteiger charge is -2.09. The van der Waals surface area contributed by atoms with Crippen molar-refractivity contribution in [1.82, 2.24) is 9.78 Å². The van der Waals surface area contributed by atoms with Crippen LogP contribution in [0.3, 0.4) is 0 Å². The Labute approximate surface area is 133 Å². The van der Waals surface area contributed by atoms with Crippen LogP contribution in [0.15, 0.2) is 29.1 Å². The van der Waals surface area contributed by atoms with Crippen molar-refractivity contribution in [2.45, 2.75) is 33.7 Å². The van der Waals surface area contributed by atoms with E-state index in [9.17, 15) is 9.59 Å². The fourth-order valence-corrected chi connectivity index (χ4v) is 2.16. The fourth-order valence-electron chi connectivity index (χ4n) is 2.05. The summed E-state index contributed by atoms with van der Waals surface area (Å²) < 4.78 is 6.57. The van der Waals surface area contributed by atoms with Gasteiger partial charge in [-0.05, 0) is 49.6 Å². The quantitative estimate of drug-likeness (QED) is 0.641. The SMILES string of the molecule is CCCn1nc(C(=O)Oc2cc(C)c(Cl)c(C)c2)ccc1=O. The summed E-state index contributed by atoms with van der Waals surface area (Å²) in [5.74, 6) is -0.203. The van der Waals surface area contributed by atoms with E-state index in [2.05, 4.69) is 5.10 Å². The van der Waals surface area contributed by atoms with Crippen LogP contribution in [0.5, 0.6) is 5.75 Å². The van der Waals surface area contributed by atoms with Crippen molar-refractivity contribution in [1.29, 1.82) is 0 Å². The maximum Gasteiger partial charge on any atom is 0.364 e. The van der Waals surface area contributed by atoms with Gasteiger partial charge >= 0.3 is 5.97 Å². The molecule has 0 amide bonds. The van der Waals surface area contributed by atoms with Gasteiger partial charge in [-0.1, -0.05) is 18.5 Å². The van der Waals surface area contributed by atoms with Gasteiger partial charge in [0, 0.05) is 17.6 Å². The van der Waals surface area contributed by atoms with Crippen LogP contribution in [0.2, 0.25) is 5.02 Å². The second-order valence-electron chi connectivity index (χ2n) is 5.04. The number of hydrogen-bond acceptors (Lipinski definition) is 4. The van der Waals surface area contributed by atoms with Gasteiger partial charge in [-0.15, -0.1) is 0 Å². The van der Waals surface area contributed by atoms with Crippen molar-refractivity contribution in [3.05, 3.63) is 56.5 Å². The molecule has 0 spiro atoms. The van der Waals surface area contributed by atoms with Crippen LogP contribution in [0.25, 0.3) is 0 Å². The van der Waals surface area contributed by atoms with Crippen molar-refractivity contribution in [3.8, 4) is 5.75 Å². The molecule has 1 heterocycles. The van der Waals surface area contributed by atoms with Crippen LogP contribution >= 0.6 is 11.6 Å². The number of aromatic nitrogens is 2. The Morgan fingerprint density at radius 2 is 1.91 bits per heavy atom. The summed E-state index contributed by atoms with van der Waals surface area (Å²) in [6.45, 7) is 6.07. The van der Waals surface area contributed by atoms with Crippen molar-refractivity contribution in [3.63, 3.8) is 0 Å². The molecule has 0 aliphatic heterocycles. The van der Waals surface area contributed by atoms with Gasteiger partial charge in [0.25, 0.3) is 5.56 Å². The fraction of sp³-hybridized carbons (Fsp3) is 0.312. The number of rotatable bonds is 4. The molecule has 0 saturated heterocycles. The van der Waals surface area contributed by atoms with Gasteiger partial charge in [-0.25, -0.2) is 9.48 Å². The van der Waals surface area contributed by atoms with E-state index < -0.39 is 5.97 Å². The van der Waals surface area contributed by atoms with Crippen LogP contribution in [-0.4, -0.2) is 15.7 Å². The van der Waals surface area contributed by atoms with Crippen molar-refractivity contribution >= 4 is 17.6 Å². The number of esters is 1. The number of nitrogens with zero attached hydrogens (tertiary/aromatic N) is 2. The van der Waals surface area contributed by atoms with Crippen LogP contribution in [0.1, 0.15) is 35.0 Å². The maximum absolute atomic E-state index is 12.2. The normalized spacial score (nSPS) is 10.5. The molecule has 22 heavy (non-hydrogen) atoms. The number of aryl methyl sites for hydroxylation is 3. The Morgan fingerprint density at radius 3 is 2.50 bits per heavy atom. The third-order valence-corrected chi connectivity index (χ3v) is 3.73. The molecule has 0 aliphatic rings. The van der Waals surface area contributed by atoms with Gasteiger partial charge in [0.05, 0.1) is 0 Å². The number of benzene rings is 1. The molecular formula is C16H17ClN2O3. The van der Waals surface area contributed by atoms with E-state index in [-0.39, 0.29) is 11.3 Å². The summed E-state index contributed by atoms with van der Waals surface area (Å²) in [6.07, 6.45) is 0.751. The number of hydrogen-bond donors (Lipinski definition) is 0. The Balaban J connectivity index is 2.26. The monoisotopic (exact) mass is 320 g/mol. The van der Waals surface area contributed by atoms with Gasteiger partial charge in [0.1, 0.15) is 5.75 Å². The average molecular weight is 321 g/mol. The van der Waals surface area contributed by atoms with Crippen LogP contribution in [0, 0.1) is 13.8 Å². The van der Waals surface area contributed by atoms with E-state index in [1.165, 1.54) is 16.8 Å². The van der Waals surface area contributed by atoms with E-state index in [1.807, 2.05) is 20.8 Å². The highest BCUT2D eigenvalue weighted by atomic mass is 35.5. The van der Waals surface area contributed by atoms with E-state index >= 15 is 0 Å². The van der Waals surface area contributed by atoms with E-state index in [0.717, 1.165) is 17.5 Å². The highest BCUT2D eigenvalue weighted by Crippen LogP contribution is 2.26. The second-order valence-corrected chi connectivity index (χ2v) is 5.42. The molecule has 0 radical (unpaired) electrons. The lowest BCUT2D eigenvalue weighted by atomic mass is 10.1. The Hall–Kier alpha value is -2.14. The predicted molar refractivity (Wildman–Crippen MR) is 84.7 cm³/mol.